The summed E-state index contributed by atoms with van der Waals surface area (Å²) in [6.45, 7) is 6.64. The first kappa shape index (κ1) is 21.2. The van der Waals surface area contributed by atoms with E-state index in [0.29, 0.717) is 5.56 Å². The lowest BCUT2D eigenvalue weighted by molar-refractivity contribution is 0.0693. The summed E-state index contributed by atoms with van der Waals surface area (Å²) in [6, 6.07) is 6.80. The molecule has 0 saturated carbocycles. The Labute approximate surface area is 162 Å². The maximum atomic E-state index is 13.2. The highest BCUT2D eigenvalue weighted by atomic mass is 19.1. The Balaban J connectivity index is 2.68. The first-order valence-corrected chi connectivity index (χ1v) is 8.65. The van der Waals surface area contributed by atoms with Crippen molar-refractivity contribution >= 4 is 11.5 Å². The van der Waals surface area contributed by atoms with Gasteiger partial charge in [-0.2, -0.15) is 0 Å². The molecule has 2 N–H and O–H groups in total. The van der Waals surface area contributed by atoms with Crippen LogP contribution in [-0.2, 0) is 6.42 Å². The quantitative estimate of drug-likeness (QED) is 0.614. The molecule has 0 aliphatic carbocycles. The third-order valence-corrected chi connectivity index (χ3v) is 4.15. The molecule has 2 aromatic rings. The van der Waals surface area contributed by atoms with Crippen LogP contribution in [0.5, 0.6) is 11.5 Å². The fourth-order valence-corrected chi connectivity index (χ4v) is 2.73. The van der Waals surface area contributed by atoms with Crippen LogP contribution < -0.4 is 4.74 Å². The monoisotopic (exact) mass is 388 g/mol. The van der Waals surface area contributed by atoms with E-state index in [-0.39, 0.29) is 41.0 Å². The highest BCUT2D eigenvalue weighted by molar-refractivity contribution is 6.00. The van der Waals surface area contributed by atoms with Crippen LogP contribution in [0.2, 0.25) is 0 Å². The molecule has 0 aromatic heterocycles. The number of ether oxygens (including phenoxy) is 1. The standard InChI is InChI=1S/C22H22F2O4/c1-13(2)4-9-17-19(28-11-10-23)12-18(20(21(17)25)22(26)27)14(3)15-5-7-16(24)8-6-15/h4-8,12,25H,3,9-11H2,1-2H3,(H,26,27). The molecule has 0 unspecified atom stereocenters. The van der Waals surface area contributed by atoms with Gasteiger partial charge in [0.05, 0.1) is 0 Å². The second-order valence-electron chi connectivity index (χ2n) is 6.44. The predicted molar refractivity (Wildman–Crippen MR) is 104 cm³/mol. The lowest BCUT2D eigenvalue weighted by Gasteiger charge is -2.18. The molecule has 0 spiro atoms. The molecular formula is C22H22F2O4. The largest absolute Gasteiger partial charge is 0.507 e. The molecule has 0 fully saturated rings. The van der Waals surface area contributed by atoms with Crippen molar-refractivity contribution in [1.29, 1.82) is 0 Å². The van der Waals surface area contributed by atoms with Gasteiger partial charge in [0, 0.05) is 11.1 Å². The number of aromatic hydroxyl groups is 1. The van der Waals surface area contributed by atoms with Crippen LogP contribution in [0, 0.1) is 5.82 Å². The van der Waals surface area contributed by atoms with Gasteiger partial charge >= 0.3 is 5.97 Å². The average molecular weight is 388 g/mol. The molecule has 0 heterocycles. The highest BCUT2D eigenvalue weighted by Gasteiger charge is 2.24. The number of hydrogen-bond donors (Lipinski definition) is 2. The van der Waals surface area contributed by atoms with Crippen LogP contribution >= 0.6 is 0 Å². The first-order valence-electron chi connectivity index (χ1n) is 8.65. The van der Waals surface area contributed by atoms with Gasteiger partial charge in [-0.1, -0.05) is 30.4 Å². The Morgan fingerprint density at radius 3 is 2.43 bits per heavy atom. The summed E-state index contributed by atoms with van der Waals surface area (Å²) in [5.41, 5.74) is 1.75. The number of carboxylic acids is 1. The molecule has 2 rings (SSSR count). The number of halogens is 2. The molecule has 0 bridgehead atoms. The molecule has 0 amide bonds. The van der Waals surface area contributed by atoms with Crippen molar-refractivity contribution in [2.75, 3.05) is 13.3 Å². The van der Waals surface area contributed by atoms with Gasteiger partial charge in [-0.25, -0.2) is 13.6 Å². The summed E-state index contributed by atoms with van der Waals surface area (Å²) >= 11 is 0. The number of allylic oxidation sites excluding steroid dienone is 2. The summed E-state index contributed by atoms with van der Waals surface area (Å²) in [5.74, 6) is -2.07. The van der Waals surface area contributed by atoms with E-state index in [1.807, 2.05) is 13.8 Å². The fourth-order valence-electron chi connectivity index (χ4n) is 2.73. The fraction of sp³-hybridized carbons (Fsp3) is 0.227. The third-order valence-electron chi connectivity index (χ3n) is 4.15. The number of aromatic carboxylic acids is 1. The minimum absolute atomic E-state index is 0.117. The van der Waals surface area contributed by atoms with Gasteiger partial charge in [0.25, 0.3) is 0 Å². The molecule has 0 saturated heterocycles. The minimum atomic E-state index is -1.34. The van der Waals surface area contributed by atoms with E-state index < -0.39 is 24.2 Å². The van der Waals surface area contributed by atoms with Gasteiger partial charge in [-0.15, -0.1) is 0 Å². The molecule has 4 nitrogen and oxygen atoms in total. The molecule has 0 radical (unpaired) electrons. The number of phenols is 1. The van der Waals surface area contributed by atoms with E-state index in [1.165, 1.54) is 30.3 Å². The maximum Gasteiger partial charge on any atom is 0.340 e. The van der Waals surface area contributed by atoms with E-state index in [0.717, 1.165) is 5.57 Å². The molecule has 28 heavy (non-hydrogen) atoms. The van der Waals surface area contributed by atoms with Gasteiger partial charge in [0.2, 0.25) is 0 Å². The molecular weight excluding hydrogens is 366 g/mol. The molecule has 0 aliphatic heterocycles. The Morgan fingerprint density at radius 1 is 1.25 bits per heavy atom. The summed E-state index contributed by atoms with van der Waals surface area (Å²) in [6.07, 6.45) is 2.02. The van der Waals surface area contributed by atoms with Crippen molar-refractivity contribution < 1.29 is 28.5 Å². The Hall–Kier alpha value is -3.15. The van der Waals surface area contributed by atoms with E-state index in [1.54, 1.807) is 6.08 Å². The summed E-state index contributed by atoms with van der Waals surface area (Å²) in [4.78, 5) is 11.9. The minimum Gasteiger partial charge on any atom is -0.507 e. The number of carbonyl (C=O) groups is 1. The van der Waals surface area contributed by atoms with Crippen molar-refractivity contribution in [3.05, 3.63) is 76.6 Å². The lowest BCUT2D eigenvalue weighted by Crippen LogP contribution is -2.09. The molecule has 2 aromatic carbocycles. The van der Waals surface area contributed by atoms with E-state index >= 15 is 0 Å². The van der Waals surface area contributed by atoms with Crippen LogP contribution in [0.3, 0.4) is 0 Å². The Kier molecular flexibility index (Phi) is 6.93. The van der Waals surface area contributed by atoms with E-state index in [2.05, 4.69) is 6.58 Å². The number of benzene rings is 2. The summed E-state index contributed by atoms with van der Waals surface area (Å²) < 4.78 is 31.3. The Bertz CT molecular complexity index is 911. The first-order chi connectivity index (χ1) is 13.3. The second kappa shape index (κ2) is 9.17. The van der Waals surface area contributed by atoms with Gasteiger partial charge in [0.1, 0.15) is 36.2 Å². The lowest BCUT2D eigenvalue weighted by atomic mass is 9.91. The predicted octanol–water partition coefficient (Wildman–Crippen LogP) is 5.15. The van der Waals surface area contributed by atoms with Gasteiger partial charge < -0.3 is 14.9 Å². The van der Waals surface area contributed by atoms with Crippen LogP contribution in [-0.4, -0.2) is 29.5 Å². The number of hydrogen-bond acceptors (Lipinski definition) is 3. The maximum absolute atomic E-state index is 13.2. The molecule has 148 valence electrons. The van der Waals surface area contributed by atoms with Crippen molar-refractivity contribution in [1.82, 2.24) is 0 Å². The van der Waals surface area contributed by atoms with Crippen molar-refractivity contribution in [2.24, 2.45) is 0 Å². The van der Waals surface area contributed by atoms with E-state index in [9.17, 15) is 23.8 Å². The van der Waals surface area contributed by atoms with Gasteiger partial charge in [-0.05, 0) is 49.6 Å². The third kappa shape index (κ3) is 4.76. The number of carboxylic acid groups (broad SMARTS) is 1. The average Bonchev–Trinajstić information content (AvgIpc) is 2.64. The summed E-state index contributed by atoms with van der Waals surface area (Å²) in [7, 11) is 0. The number of rotatable bonds is 8. The SMILES string of the molecule is C=C(c1ccc(F)cc1)c1cc(OCCF)c(CC=C(C)C)c(O)c1C(=O)O. The smallest absolute Gasteiger partial charge is 0.340 e. The highest BCUT2D eigenvalue weighted by Crippen LogP contribution is 2.39. The van der Waals surface area contributed by atoms with Crippen molar-refractivity contribution in [3.63, 3.8) is 0 Å². The van der Waals surface area contributed by atoms with Gasteiger partial charge in [-0.3, -0.25) is 0 Å². The molecule has 0 atom stereocenters. The number of alkyl halides is 1. The van der Waals surface area contributed by atoms with E-state index in [4.69, 9.17) is 4.74 Å². The zero-order chi connectivity index (χ0) is 20.8. The summed E-state index contributed by atoms with van der Waals surface area (Å²) in [5, 5.41) is 20.4. The van der Waals surface area contributed by atoms with Crippen LogP contribution in [0.1, 0.15) is 40.9 Å². The van der Waals surface area contributed by atoms with Crippen LogP contribution in [0.4, 0.5) is 8.78 Å². The zero-order valence-electron chi connectivity index (χ0n) is 15.8. The normalized spacial score (nSPS) is 10.4. The van der Waals surface area contributed by atoms with Crippen molar-refractivity contribution in [2.45, 2.75) is 20.3 Å². The van der Waals surface area contributed by atoms with Crippen LogP contribution in [0.25, 0.3) is 5.57 Å². The topological polar surface area (TPSA) is 66.8 Å². The molecule has 0 aliphatic rings. The van der Waals surface area contributed by atoms with Crippen molar-refractivity contribution in [3.8, 4) is 11.5 Å². The molecule has 6 heteroatoms. The Morgan fingerprint density at radius 2 is 1.89 bits per heavy atom. The zero-order valence-corrected chi connectivity index (χ0v) is 15.8. The van der Waals surface area contributed by atoms with Crippen LogP contribution in [0.15, 0.2) is 48.6 Å². The second-order valence-corrected chi connectivity index (χ2v) is 6.44. The van der Waals surface area contributed by atoms with Gasteiger partial charge in [0.15, 0.2) is 0 Å².